The summed E-state index contributed by atoms with van der Waals surface area (Å²) in [5, 5.41) is 3.48. The van der Waals surface area contributed by atoms with Gasteiger partial charge >= 0.3 is 0 Å². The van der Waals surface area contributed by atoms with Crippen LogP contribution in [0.4, 0.5) is 8.78 Å². The Bertz CT molecular complexity index is 847. The van der Waals surface area contributed by atoms with Crippen LogP contribution in [0.15, 0.2) is 47.4 Å². The molecule has 1 N–H and O–H groups in total. The first kappa shape index (κ1) is 17.3. The van der Waals surface area contributed by atoms with Gasteiger partial charge in [0, 0.05) is 10.6 Å². The zero-order valence-corrected chi connectivity index (χ0v) is 14.3. The Labute approximate surface area is 144 Å². The summed E-state index contributed by atoms with van der Waals surface area (Å²) < 4.78 is 53.3. The number of piperidine rings is 1. The third-order valence-corrected chi connectivity index (χ3v) is 7.27. The molecule has 0 aliphatic carbocycles. The average Bonchev–Trinajstić information content (AvgIpc) is 2.58. The maximum Gasteiger partial charge on any atom is 0.188 e. The van der Waals surface area contributed by atoms with Crippen molar-refractivity contribution in [1.82, 2.24) is 5.32 Å². The first-order chi connectivity index (χ1) is 11.4. The largest absolute Gasteiger partial charge is 0.317 e. The van der Waals surface area contributed by atoms with E-state index in [2.05, 4.69) is 5.32 Å². The summed E-state index contributed by atoms with van der Waals surface area (Å²) in [7, 11) is -3.94. The number of hydrogen-bond donors (Lipinski definition) is 1. The molecule has 1 heterocycles. The maximum atomic E-state index is 14.4. The van der Waals surface area contributed by atoms with E-state index >= 15 is 0 Å². The van der Waals surface area contributed by atoms with Gasteiger partial charge in [-0.25, -0.2) is 17.2 Å². The van der Waals surface area contributed by atoms with Crippen molar-refractivity contribution in [2.24, 2.45) is 0 Å². The number of halogens is 3. The van der Waals surface area contributed by atoms with Crippen LogP contribution >= 0.6 is 11.6 Å². The molecular weight excluding hydrogens is 356 g/mol. The zero-order chi connectivity index (χ0) is 17.4. The number of rotatable bonds is 3. The van der Waals surface area contributed by atoms with Gasteiger partial charge in [0.05, 0.1) is 4.90 Å². The average molecular weight is 372 g/mol. The van der Waals surface area contributed by atoms with E-state index in [1.165, 1.54) is 24.3 Å². The lowest BCUT2D eigenvalue weighted by Gasteiger charge is -2.37. The quantitative estimate of drug-likeness (QED) is 0.895. The van der Waals surface area contributed by atoms with Crippen LogP contribution in [0.2, 0.25) is 5.02 Å². The number of hydrogen-bond acceptors (Lipinski definition) is 3. The topological polar surface area (TPSA) is 46.2 Å². The highest BCUT2D eigenvalue weighted by Crippen LogP contribution is 2.44. The molecule has 7 heteroatoms. The van der Waals surface area contributed by atoms with Crippen molar-refractivity contribution >= 4 is 21.4 Å². The van der Waals surface area contributed by atoms with E-state index in [0.717, 1.165) is 18.2 Å². The van der Waals surface area contributed by atoms with Crippen molar-refractivity contribution in [2.75, 3.05) is 13.1 Å². The van der Waals surface area contributed by atoms with E-state index in [0.29, 0.717) is 18.1 Å². The molecular formula is C17H16ClF2NO2S. The van der Waals surface area contributed by atoms with E-state index in [1.807, 2.05) is 0 Å². The smallest absolute Gasteiger partial charge is 0.188 e. The van der Waals surface area contributed by atoms with Gasteiger partial charge in [0.15, 0.2) is 9.84 Å². The van der Waals surface area contributed by atoms with Gasteiger partial charge in [0.1, 0.15) is 16.4 Å². The third-order valence-electron chi connectivity index (χ3n) is 4.47. The van der Waals surface area contributed by atoms with Crippen LogP contribution in [-0.4, -0.2) is 21.5 Å². The van der Waals surface area contributed by atoms with Crippen molar-refractivity contribution in [1.29, 1.82) is 0 Å². The molecule has 0 atom stereocenters. The highest BCUT2D eigenvalue weighted by Gasteiger charge is 2.48. The fourth-order valence-corrected chi connectivity index (χ4v) is 5.46. The van der Waals surface area contributed by atoms with E-state index in [9.17, 15) is 17.2 Å². The molecule has 3 rings (SSSR count). The molecule has 1 saturated heterocycles. The number of nitrogens with one attached hydrogen (secondary N) is 1. The van der Waals surface area contributed by atoms with Crippen LogP contribution in [0.1, 0.15) is 18.4 Å². The molecule has 0 saturated carbocycles. The summed E-state index contributed by atoms with van der Waals surface area (Å²) in [6, 6.07) is 8.72. The van der Waals surface area contributed by atoms with Gasteiger partial charge in [-0.2, -0.15) is 0 Å². The van der Waals surface area contributed by atoms with Crippen LogP contribution < -0.4 is 5.32 Å². The highest BCUT2D eigenvalue weighted by atomic mass is 35.5. The summed E-state index contributed by atoms with van der Waals surface area (Å²) >= 11 is 5.83. The van der Waals surface area contributed by atoms with E-state index in [1.54, 1.807) is 0 Å². The number of sulfone groups is 1. The molecule has 24 heavy (non-hydrogen) atoms. The number of benzene rings is 2. The highest BCUT2D eigenvalue weighted by molar-refractivity contribution is 7.92. The first-order valence-electron chi connectivity index (χ1n) is 7.53. The Hall–Kier alpha value is -1.50. The van der Waals surface area contributed by atoms with Crippen molar-refractivity contribution in [3.63, 3.8) is 0 Å². The summed E-state index contributed by atoms with van der Waals surface area (Å²) in [6.45, 7) is 0.811. The van der Waals surface area contributed by atoms with Crippen molar-refractivity contribution in [2.45, 2.75) is 22.5 Å². The molecule has 1 aliphatic rings. The van der Waals surface area contributed by atoms with Gasteiger partial charge in [0.25, 0.3) is 0 Å². The molecule has 0 radical (unpaired) electrons. The van der Waals surface area contributed by atoms with E-state index < -0.39 is 26.2 Å². The molecule has 128 valence electrons. The van der Waals surface area contributed by atoms with Gasteiger partial charge < -0.3 is 5.32 Å². The standard InChI is InChI=1S/C17H16ClF2NO2S/c18-12-1-4-14(5-2-12)24(22,23)17(7-9-21-10-8-17)15-11-13(19)3-6-16(15)20/h1-6,11,21H,7-10H2. The molecule has 2 aromatic carbocycles. The fraction of sp³-hybridized carbons (Fsp3) is 0.294. The lowest BCUT2D eigenvalue weighted by atomic mass is 9.88. The Kier molecular flexibility index (Phi) is 4.64. The summed E-state index contributed by atoms with van der Waals surface area (Å²) in [5.41, 5.74) is -0.112. The monoisotopic (exact) mass is 371 g/mol. The minimum Gasteiger partial charge on any atom is -0.317 e. The van der Waals surface area contributed by atoms with Crippen molar-refractivity contribution in [3.05, 3.63) is 64.7 Å². The fourth-order valence-electron chi connectivity index (χ4n) is 3.20. The summed E-state index contributed by atoms with van der Waals surface area (Å²) in [4.78, 5) is 0.0532. The van der Waals surface area contributed by atoms with Gasteiger partial charge in [-0.05, 0) is 68.4 Å². The Morgan fingerprint density at radius 1 is 1.00 bits per heavy atom. The lowest BCUT2D eigenvalue weighted by molar-refractivity contribution is 0.381. The Morgan fingerprint density at radius 2 is 1.62 bits per heavy atom. The predicted molar refractivity (Wildman–Crippen MR) is 88.8 cm³/mol. The molecule has 0 bridgehead atoms. The molecule has 1 fully saturated rings. The van der Waals surface area contributed by atoms with Crippen LogP contribution in [0.25, 0.3) is 0 Å². The van der Waals surface area contributed by atoms with Crippen LogP contribution in [0, 0.1) is 11.6 Å². The van der Waals surface area contributed by atoms with Gasteiger partial charge in [-0.3, -0.25) is 0 Å². The molecule has 0 spiro atoms. The Balaban J connectivity index is 2.22. The first-order valence-corrected chi connectivity index (χ1v) is 9.39. The lowest BCUT2D eigenvalue weighted by Crippen LogP contribution is -2.46. The van der Waals surface area contributed by atoms with Crippen LogP contribution in [0.3, 0.4) is 0 Å². The van der Waals surface area contributed by atoms with Crippen molar-refractivity contribution in [3.8, 4) is 0 Å². The normalized spacial score (nSPS) is 17.6. The van der Waals surface area contributed by atoms with Gasteiger partial charge in [-0.1, -0.05) is 11.6 Å². The predicted octanol–water partition coefficient (Wildman–Crippen LogP) is 3.67. The minimum absolute atomic E-state index is 0.0532. The second kappa shape index (κ2) is 6.43. The second-order valence-electron chi connectivity index (χ2n) is 5.83. The molecule has 3 nitrogen and oxygen atoms in total. The summed E-state index contributed by atoms with van der Waals surface area (Å²) in [6.07, 6.45) is 0.330. The van der Waals surface area contributed by atoms with Crippen LogP contribution in [-0.2, 0) is 14.6 Å². The van der Waals surface area contributed by atoms with Crippen LogP contribution in [0.5, 0.6) is 0 Å². The SMILES string of the molecule is O=S(=O)(c1ccc(Cl)cc1)C1(c2cc(F)ccc2F)CCNCC1. The molecule has 0 aromatic heterocycles. The van der Waals surface area contributed by atoms with Gasteiger partial charge in [0.2, 0.25) is 0 Å². The Morgan fingerprint density at radius 3 is 2.25 bits per heavy atom. The summed E-state index contributed by atoms with van der Waals surface area (Å²) in [5.74, 6) is -1.37. The molecule has 0 unspecified atom stereocenters. The molecule has 2 aromatic rings. The molecule has 0 amide bonds. The third kappa shape index (κ3) is 2.83. The zero-order valence-electron chi connectivity index (χ0n) is 12.7. The van der Waals surface area contributed by atoms with E-state index in [4.69, 9.17) is 11.6 Å². The van der Waals surface area contributed by atoms with E-state index in [-0.39, 0.29) is 23.3 Å². The maximum absolute atomic E-state index is 14.4. The minimum atomic E-state index is -3.94. The second-order valence-corrected chi connectivity index (χ2v) is 8.52. The van der Waals surface area contributed by atoms with Gasteiger partial charge in [-0.15, -0.1) is 0 Å². The van der Waals surface area contributed by atoms with Crippen molar-refractivity contribution < 1.29 is 17.2 Å². The molecule has 1 aliphatic heterocycles.